The highest BCUT2D eigenvalue weighted by molar-refractivity contribution is 5.91. The molecule has 0 radical (unpaired) electrons. The lowest BCUT2D eigenvalue weighted by Gasteiger charge is -2.15. The second-order valence-corrected chi connectivity index (χ2v) is 5.03. The predicted molar refractivity (Wildman–Crippen MR) is 80.2 cm³/mol. The van der Waals surface area contributed by atoms with Crippen molar-refractivity contribution < 1.29 is 4.74 Å². The molecule has 5 heteroatoms. The van der Waals surface area contributed by atoms with Crippen LogP contribution in [0.5, 0.6) is 0 Å². The van der Waals surface area contributed by atoms with Crippen LogP contribution >= 0.6 is 0 Å². The maximum atomic E-state index is 5.17. The number of para-hydroxylation sites is 1. The van der Waals surface area contributed by atoms with Gasteiger partial charge >= 0.3 is 0 Å². The van der Waals surface area contributed by atoms with Crippen LogP contribution in [0.25, 0.3) is 16.6 Å². The van der Waals surface area contributed by atoms with Gasteiger partial charge in [0.1, 0.15) is 5.82 Å². The van der Waals surface area contributed by atoms with Crippen LogP contribution in [0.3, 0.4) is 0 Å². The number of methoxy groups -OCH3 is 1. The van der Waals surface area contributed by atoms with Crippen LogP contribution in [0.1, 0.15) is 12.6 Å². The van der Waals surface area contributed by atoms with Gasteiger partial charge in [-0.3, -0.25) is 0 Å². The van der Waals surface area contributed by atoms with E-state index in [1.807, 2.05) is 29.6 Å². The van der Waals surface area contributed by atoms with Crippen molar-refractivity contribution in [1.82, 2.24) is 14.6 Å². The number of benzene rings is 1. The quantitative estimate of drug-likeness (QED) is 0.792. The minimum Gasteiger partial charge on any atom is -0.383 e. The Hall–Kier alpha value is -2.14. The van der Waals surface area contributed by atoms with Gasteiger partial charge in [0.05, 0.1) is 17.8 Å². The second kappa shape index (κ2) is 5.09. The molecule has 0 fully saturated rings. The Kier molecular flexibility index (Phi) is 3.28. The number of aryl methyl sites for hydroxylation is 1. The molecule has 0 amide bonds. The fraction of sp³-hybridized carbons (Fsp3) is 0.333. The van der Waals surface area contributed by atoms with E-state index < -0.39 is 0 Å². The van der Waals surface area contributed by atoms with Crippen LogP contribution in [-0.4, -0.2) is 34.4 Å². The van der Waals surface area contributed by atoms with Gasteiger partial charge < -0.3 is 10.1 Å². The smallest absolute Gasteiger partial charge is 0.158 e. The summed E-state index contributed by atoms with van der Waals surface area (Å²) in [6, 6.07) is 10.3. The van der Waals surface area contributed by atoms with Crippen molar-refractivity contribution in [3.63, 3.8) is 0 Å². The molecule has 0 saturated carbocycles. The monoisotopic (exact) mass is 270 g/mol. The summed E-state index contributed by atoms with van der Waals surface area (Å²) in [5, 5.41) is 8.97. The van der Waals surface area contributed by atoms with Crippen molar-refractivity contribution in [2.24, 2.45) is 0 Å². The van der Waals surface area contributed by atoms with Crippen molar-refractivity contribution in [2.45, 2.75) is 19.9 Å². The molecule has 0 aliphatic carbocycles. The molecule has 0 unspecified atom stereocenters. The highest BCUT2D eigenvalue weighted by atomic mass is 16.5. The molecule has 0 aliphatic rings. The van der Waals surface area contributed by atoms with Gasteiger partial charge in [0.25, 0.3) is 0 Å². The second-order valence-electron chi connectivity index (χ2n) is 5.03. The van der Waals surface area contributed by atoms with E-state index in [0.717, 1.165) is 28.1 Å². The van der Waals surface area contributed by atoms with Crippen LogP contribution in [0.4, 0.5) is 5.82 Å². The topological polar surface area (TPSA) is 51.5 Å². The first-order valence-corrected chi connectivity index (χ1v) is 6.69. The third kappa shape index (κ3) is 2.20. The first kappa shape index (κ1) is 12.9. The van der Waals surface area contributed by atoms with Crippen LogP contribution < -0.4 is 5.32 Å². The minimum absolute atomic E-state index is 0.197. The van der Waals surface area contributed by atoms with Crippen molar-refractivity contribution in [1.29, 1.82) is 0 Å². The summed E-state index contributed by atoms with van der Waals surface area (Å²) in [5.74, 6) is 0.873. The maximum Gasteiger partial charge on any atom is 0.158 e. The molecular weight excluding hydrogens is 252 g/mol. The third-order valence-electron chi connectivity index (χ3n) is 3.23. The van der Waals surface area contributed by atoms with Crippen LogP contribution in [0.2, 0.25) is 0 Å². The molecule has 3 aromatic rings. The van der Waals surface area contributed by atoms with Gasteiger partial charge in [0.15, 0.2) is 5.65 Å². The number of nitrogens with one attached hydrogen (secondary N) is 1. The largest absolute Gasteiger partial charge is 0.383 e. The lowest BCUT2D eigenvalue weighted by atomic mass is 10.2. The van der Waals surface area contributed by atoms with Crippen LogP contribution in [0.15, 0.2) is 30.3 Å². The summed E-state index contributed by atoms with van der Waals surface area (Å²) in [6.45, 7) is 4.69. The summed E-state index contributed by atoms with van der Waals surface area (Å²) in [7, 11) is 1.70. The van der Waals surface area contributed by atoms with E-state index in [9.17, 15) is 0 Å². The van der Waals surface area contributed by atoms with Gasteiger partial charge in [-0.1, -0.05) is 12.1 Å². The van der Waals surface area contributed by atoms with E-state index in [0.29, 0.717) is 6.61 Å². The summed E-state index contributed by atoms with van der Waals surface area (Å²) in [5.41, 5.74) is 2.87. The summed E-state index contributed by atoms with van der Waals surface area (Å²) >= 11 is 0. The Labute approximate surface area is 117 Å². The number of hydrogen-bond acceptors (Lipinski definition) is 4. The predicted octanol–water partition coefficient (Wildman–Crippen LogP) is 2.64. The van der Waals surface area contributed by atoms with Gasteiger partial charge in [0.2, 0.25) is 0 Å². The van der Waals surface area contributed by atoms with E-state index in [4.69, 9.17) is 4.74 Å². The van der Waals surface area contributed by atoms with Crippen molar-refractivity contribution in [3.05, 3.63) is 36.0 Å². The standard InChI is InChI=1S/C15H18N4O/c1-10-8-14-17-15(16-11(2)9-20-3)12-6-4-5-7-13(12)19(14)18-10/h4-8,11H,9H2,1-3H3,(H,16,17)/t11-/m0/s1. The Morgan fingerprint density at radius 3 is 2.95 bits per heavy atom. The molecule has 0 bridgehead atoms. The number of fused-ring (bicyclic) bond motifs is 3. The number of hydrogen-bond donors (Lipinski definition) is 1. The van der Waals surface area contributed by atoms with Crippen LogP contribution in [0, 0.1) is 6.92 Å². The SMILES string of the molecule is COC[C@H](C)Nc1nc2cc(C)nn2c2ccccc12. The molecule has 2 heterocycles. The lowest BCUT2D eigenvalue weighted by molar-refractivity contribution is 0.190. The highest BCUT2D eigenvalue weighted by Crippen LogP contribution is 2.23. The maximum absolute atomic E-state index is 5.17. The summed E-state index contributed by atoms with van der Waals surface area (Å²) < 4.78 is 7.06. The summed E-state index contributed by atoms with van der Waals surface area (Å²) in [6.07, 6.45) is 0. The fourth-order valence-electron chi connectivity index (χ4n) is 2.41. The number of rotatable bonds is 4. The molecular formula is C15H18N4O. The molecule has 20 heavy (non-hydrogen) atoms. The van der Waals surface area contributed by atoms with E-state index in [1.54, 1.807) is 7.11 Å². The Morgan fingerprint density at radius 1 is 1.35 bits per heavy atom. The first-order chi connectivity index (χ1) is 9.69. The molecule has 0 aliphatic heterocycles. The summed E-state index contributed by atoms with van der Waals surface area (Å²) in [4.78, 5) is 4.68. The zero-order chi connectivity index (χ0) is 14.1. The fourth-order valence-corrected chi connectivity index (χ4v) is 2.41. The molecule has 104 valence electrons. The zero-order valence-electron chi connectivity index (χ0n) is 11.9. The number of nitrogens with zero attached hydrogens (tertiary/aromatic N) is 3. The van der Waals surface area contributed by atoms with Gasteiger partial charge in [-0.15, -0.1) is 0 Å². The van der Waals surface area contributed by atoms with E-state index >= 15 is 0 Å². The molecule has 3 rings (SSSR count). The Bertz CT molecular complexity index is 750. The van der Waals surface area contributed by atoms with Gasteiger partial charge in [-0.05, 0) is 26.0 Å². The average molecular weight is 270 g/mol. The molecule has 1 atom stereocenters. The molecule has 2 aromatic heterocycles. The molecule has 0 saturated heterocycles. The molecule has 1 N–H and O–H groups in total. The van der Waals surface area contributed by atoms with Gasteiger partial charge in [-0.2, -0.15) is 5.10 Å². The van der Waals surface area contributed by atoms with Crippen molar-refractivity contribution in [2.75, 3.05) is 19.0 Å². The van der Waals surface area contributed by atoms with Gasteiger partial charge in [-0.25, -0.2) is 9.50 Å². The third-order valence-corrected chi connectivity index (χ3v) is 3.23. The van der Waals surface area contributed by atoms with Crippen molar-refractivity contribution >= 4 is 22.4 Å². The molecule has 5 nitrogen and oxygen atoms in total. The highest BCUT2D eigenvalue weighted by Gasteiger charge is 2.11. The van der Waals surface area contributed by atoms with E-state index in [1.165, 1.54) is 0 Å². The Morgan fingerprint density at radius 2 is 2.15 bits per heavy atom. The minimum atomic E-state index is 0.197. The lowest BCUT2D eigenvalue weighted by Crippen LogP contribution is -2.21. The Balaban J connectivity index is 2.18. The van der Waals surface area contributed by atoms with Crippen LogP contribution in [-0.2, 0) is 4.74 Å². The normalized spacial score (nSPS) is 12.9. The van der Waals surface area contributed by atoms with E-state index in [2.05, 4.69) is 34.5 Å². The number of ether oxygens (including phenoxy) is 1. The average Bonchev–Trinajstić information content (AvgIpc) is 2.80. The molecule has 1 aromatic carbocycles. The number of anilines is 1. The number of aromatic nitrogens is 3. The van der Waals surface area contributed by atoms with Crippen molar-refractivity contribution in [3.8, 4) is 0 Å². The zero-order valence-corrected chi connectivity index (χ0v) is 11.9. The molecule has 0 spiro atoms. The first-order valence-electron chi connectivity index (χ1n) is 6.69. The van der Waals surface area contributed by atoms with E-state index in [-0.39, 0.29) is 6.04 Å². The van der Waals surface area contributed by atoms with Gasteiger partial charge in [0, 0.05) is 24.6 Å².